The fraction of sp³-hybridized carbons (Fsp3) is 0.238. The highest BCUT2D eigenvalue weighted by molar-refractivity contribution is 7.99. The molecular weight excluding hydrogens is 388 g/mol. The number of nitrogens with one attached hydrogen (secondary N) is 2. The lowest BCUT2D eigenvalue weighted by molar-refractivity contribution is -0.114. The van der Waals surface area contributed by atoms with Gasteiger partial charge in [0.1, 0.15) is 0 Å². The second-order valence-electron chi connectivity index (χ2n) is 6.92. The van der Waals surface area contributed by atoms with Gasteiger partial charge in [-0.2, -0.15) is 0 Å². The molecule has 0 bridgehead atoms. The summed E-state index contributed by atoms with van der Waals surface area (Å²) >= 11 is 1.26. The highest BCUT2D eigenvalue weighted by Crippen LogP contribution is 2.36. The number of thioether (sulfide) groups is 1. The smallest absolute Gasteiger partial charge is 0.262 e. The molecule has 4 rings (SSSR count). The van der Waals surface area contributed by atoms with Gasteiger partial charge in [0.2, 0.25) is 11.8 Å². The Bertz CT molecular complexity index is 1150. The Labute approximate surface area is 171 Å². The molecule has 1 fully saturated rings. The Balaban J connectivity index is 1.50. The van der Waals surface area contributed by atoms with E-state index in [9.17, 15) is 14.4 Å². The van der Waals surface area contributed by atoms with Crippen LogP contribution >= 0.6 is 11.8 Å². The number of nitrogens with zero attached hydrogens (tertiary/aromatic N) is 2. The lowest BCUT2D eigenvalue weighted by Crippen LogP contribution is -2.23. The van der Waals surface area contributed by atoms with Crippen molar-refractivity contribution in [3.05, 3.63) is 58.9 Å². The summed E-state index contributed by atoms with van der Waals surface area (Å²) in [6, 6.07) is 14.4. The van der Waals surface area contributed by atoms with Crippen LogP contribution in [0.1, 0.15) is 25.8 Å². The SMILES string of the molecule is CC(=O)Nc1cccc(NC(=O)CSc2nc3ccccc3c(=O)n2C2CC2)c1. The van der Waals surface area contributed by atoms with Gasteiger partial charge in [0.15, 0.2) is 5.16 Å². The van der Waals surface area contributed by atoms with Crippen LogP contribution in [-0.2, 0) is 9.59 Å². The second kappa shape index (κ2) is 8.08. The maximum absolute atomic E-state index is 12.9. The standard InChI is InChI=1S/C21H20N4O3S/c1-13(26)22-14-5-4-6-15(11-14)23-19(27)12-29-21-24-18-8-3-2-7-17(18)20(28)25(21)16-9-10-16/h2-8,11,16H,9-10,12H2,1H3,(H,22,26)(H,23,27). The van der Waals surface area contributed by atoms with Crippen molar-refractivity contribution in [1.82, 2.24) is 9.55 Å². The van der Waals surface area contributed by atoms with E-state index in [1.54, 1.807) is 34.9 Å². The Kier molecular flexibility index (Phi) is 5.35. The summed E-state index contributed by atoms with van der Waals surface area (Å²) in [4.78, 5) is 41.1. The van der Waals surface area contributed by atoms with E-state index in [1.807, 2.05) is 18.2 Å². The van der Waals surface area contributed by atoms with Crippen molar-refractivity contribution in [2.75, 3.05) is 16.4 Å². The molecule has 0 atom stereocenters. The van der Waals surface area contributed by atoms with Gasteiger partial charge in [0.25, 0.3) is 5.56 Å². The van der Waals surface area contributed by atoms with Crippen LogP contribution in [0, 0.1) is 0 Å². The molecule has 1 aromatic heterocycles. The molecule has 1 saturated carbocycles. The minimum Gasteiger partial charge on any atom is -0.326 e. The molecule has 3 aromatic rings. The first-order chi connectivity index (χ1) is 14.0. The largest absolute Gasteiger partial charge is 0.326 e. The van der Waals surface area contributed by atoms with Crippen LogP contribution in [0.25, 0.3) is 10.9 Å². The number of hydrogen-bond acceptors (Lipinski definition) is 5. The van der Waals surface area contributed by atoms with Gasteiger partial charge >= 0.3 is 0 Å². The summed E-state index contributed by atoms with van der Waals surface area (Å²) in [5.41, 5.74) is 1.79. The summed E-state index contributed by atoms with van der Waals surface area (Å²) in [5, 5.41) is 6.67. The molecule has 0 saturated heterocycles. The number of para-hydroxylation sites is 1. The van der Waals surface area contributed by atoms with Crippen molar-refractivity contribution in [2.24, 2.45) is 0 Å². The Morgan fingerprint density at radius 3 is 2.55 bits per heavy atom. The maximum Gasteiger partial charge on any atom is 0.262 e. The highest BCUT2D eigenvalue weighted by atomic mass is 32.2. The first-order valence-electron chi connectivity index (χ1n) is 9.33. The molecule has 8 heteroatoms. The van der Waals surface area contributed by atoms with Gasteiger partial charge in [-0.25, -0.2) is 4.98 Å². The summed E-state index contributed by atoms with van der Waals surface area (Å²) in [5.74, 6) is -0.258. The Morgan fingerprint density at radius 1 is 1.10 bits per heavy atom. The van der Waals surface area contributed by atoms with Crippen LogP contribution in [0.4, 0.5) is 11.4 Å². The molecule has 1 aliphatic carbocycles. The number of anilines is 2. The van der Waals surface area contributed by atoms with E-state index in [4.69, 9.17) is 0 Å². The number of carbonyl (C=O) groups is 2. The van der Waals surface area contributed by atoms with E-state index >= 15 is 0 Å². The Hall–Kier alpha value is -3.13. The number of hydrogen-bond donors (Lipinski definition) is 2. The van der Waals surface area contributed by atoms with Crippen molar-refractivity contribution in [3.63, 3.8) is 0 Å². The van der Waals surface area contributed by atoms with Gasteiger partial charge in [-0.1, -0.05) is 30.0 Å². The van der Waals surface area contributed by atoms with E-state index in [0.717, 1.165) is 12.8 Å². The van der Waals surface area contributed by atoms with Crippen LogP contribution in [0.15, 0.2) is 58.5 Å². The number of aromatic nitrogens is 2. The van der Waals surface area contributed by atoms with Crippen LogP contribution in [0.2, 0.25) is 0 Å². The molecule has 29 heavy (non-hydrogen) atoms. The normalized spacial score (nSPS) is 13.3. The molecule has 148 valence electrons. The van der Waals surface area contributed by atoms with Crippen LogP contribution in [-0.4, -0.2) is 27.1 Å². The molecule has 2 N–H and O–H groups in total. The van der Waals surface area contributed by atoms with Gasteiger partial charge < -0.3 is 10.6 Å². The topological polar surface area (TPSA) is 93.1 Å². The lowest BCUT2D eigenvalue weighted by atomic mass is 10.2. The predicted molar refractivity (Wildman–Crippen MR) is 114 cm³/mol. The quantitative estimate of drug-likeness (QED) is 0.482. The first kappa shape index (κ1) is 19.2. The molecule has 7 nitrogen and oxygen atoms in total. The number of benzene rings is 2. The van der Waals surface area contributed by atoms with Gasteiger partial charge in [-0.3, -0.25) is 19.0 Å². The Morgan fingerprint density at radius 2 is 1.83 bits per heavy atom. The fourth-order valence-electron chi connectivity index (χ4n) is 3.09. The lowest BCUT2D eigenvalue weighted by Gasteiger charge is -2.12. The molecule has 0 spiro atoms. The predicted octanol–water partition coefficient (Wildman–Crippen LogP) is 3.42. The zero-order chi connectivity index (χ0) is 20.4. The maximum atomic E-state index is 12.9. The number of amides is 2. The van der Waals surface area contributed by atoms with Gasteiger partial charge in [-0.15, -0.1) is 0 Å². The summed E-state index contributed by atoms with van der Waals surface area (Å²) in [6.45, 7) is 1.43. The molecule has 0 unspecified atom stereocenters. The van der Waals surface area contributed by atoms with E-state index in [2.05, 4.69) is 15.6 Å². The van der Waals surface area contributed by atoms with Crippen molar-refractivity contribution in [2.45, 2.75) is 31.0 Å². The summed E-state index contributed by atoms with van der Waals surface area (Å²) in [6.07, 6.45) is 1.91. The highest BCUT2D eigenvalue weighted by Gasteiger charge is 2.28. The van der Waals surface area contributed by atoms with E-state index in [1.165, 1.54) is 18.7 Å². The third-order valence-electron chi connectivity index (χ3n) is 4.49. The monoisotopic (exact) mass is 408 g/mol. The van der Waals surface area contributed by atoms with Crippen molar-refractivity contribution in [1.29, 1.82) is 0 Å². The van der Waals surface area contributed by atoms with Crippen LogP contribution in [0.5, 0.6) is 0 Å². The van der Waals surface area contributed by atoms with Gasteiger partial charge in [0.05, 0.1) is 16.7 Å². The molecule has 2 amide bonds. The molecule has 2 aromatic carbocycles. The fourth-order valence-corrected chi connectivity index (χ4v) is 3.95. The molecule has 0 radical (unpaired) electrons. The van der Waals surface area contributed by atoms with E-state index < -0.39 is 0 Å². The van der Waals surface area contributed by atoms with Crippen molar-refractivity contribution >= 4 is 45.9 Å². The molecule has 0 aliphatic heterocycles. The van der Waals surface area contributed by atoms with E-state index in [0.29, 0.717) is 27.4 Å². The van der Waals surface area contributed by atoms with E-state index in [-0.39, 0.29) is 29.2 Å². The number of rotatable bonds is 6. The first-order valence-corrected chi connectivity index (χ1v) is 10.3. The van der Waals surface area contributed by atoms with Crippen molar-refractivity contribution < 1.29 is 9.59 Å². The van der Waals surface area contributed by atoms with Gasteiger partial charge in [0, 0.05) is 24.3 Å². The molecule has 1 heterocycles. The number of fused-ring (bicyclic) bond motifs is 1. The third-order valence-corrected chi connectivity index (χ3v) is 5.44. The molecular formula is C21H20N4O3S. The average Bonchev–Trinajstić information content (AvgIpc) is 3.51. The van der Waals surface area contributed by atoms with Crippen molar-refractivity contribution in [3.8, 4) is 0 Å². The summed E-state index contributed by atoms with van der Waals surface area (Å²) < 4.78 is 1.72. The second-order valence-corrected chi connectivity index (χ2v) is 7.86. The minimum atomic E-state index is -0.209. The zero-order valence-corrected chi connectivity index (χ0v) is 16.7. The van der Waals surface area contributed by atoms with Gasteiger partial charge in [-0.05, 0) is 43.2 Å². The zero-order valence-electron chi connectivity index (χ0n) is 15.8. The molecule has 1 aliphatic rings. The minimum absolute atomic E-state index is 0.0518. The number of carbonyl (C=O) groups excluding carboxylic acids is 2. The van der Waals surface area contributed by atoms with Crippen LogP contribution < -0.4 is 16.2 Å². The summed E-state index contributed by atoms with van der Waals surface area (Å²) in [7, 11) is 0. The van der Waals surface area contributed by atoms with Crippen LogP contribution in [0.3, 0.4) is 0 Å². The average molecular weight is 408 g/mol. The third kappa shape index (κ3) is 4.48.